The number of nitrogens with zero attached hydrogens (tertiary/aromatic N) is 2. The molecule has 1 aromatic heterocycles. The normalized spacial score (nSPS) is 15.8. The van der Waals surface area contributed by atoms with E-state index in [9.17, 15) is 13.2 Å². The van der Waals surface area contributed by atoms with E-state index in [1.165, 1.54) is 23.2 Å². The minimum atomic E-state index is -4.26. The van der Waals surface area contributed by atoms with Crippen LogP contribution in [0.15, 0.2) is 60.8 Å². The second kappa shape index (κ2) is 8.44. The molecule has 2 heterocycles. The number of piperidine rings is 1. The van der Waals surface area contributed by atoms with Crippen molar-refractivity contribution in [1.82, 2.24) is 4.98 Å². The number of aromatic nitrogens is 1. The molecule has 1 fully saturated rings. The highest BCUT2D eigenvalue weighted by Gasteiger charge is 2.29. The van der Waals surface area contributed by atoms with Gasteiger partial charge in [0, 0.05) is 30.4 Å². The van der Waals surface area contributed by atoms with Crippen molar-refractivity contribution in [3.05, 3.63) is 71.9 Å². The Morgan fingerprint density at radius 1 is 0.931 bits per heavy atom. The summed E-state index contributed by atoms with van der Waals surface area (Å²) in [5, 5.41) is 1.20. The standard InChI is InChI=1S/C24H25F3N2/c25-24(26,27)20-11-9-18(10-12-20)4-1-5-19-13-16-29(17-14-19)23-8-2-7-22-21(23)6-3-15-28-22/h2-3,6-12,15,19H,1,4-5,13-14,16-17H2. The Morgan fingerprint density at radius 3 is 2.41 bits per heavy atom. The summed E-state index contributed by atoms with van der Waals surface area (Å²) in [6.45, 7) is 2.08. The molecule has 0 atom stereocenters. The Kier molecular flexibility index (Phi) is 5.74. The van der Waals surface area contributed by atoms with Crippen LogP contribution in [-0.2, 0) is 12.6 Å². The molecule has 0 radical (unpaired) electrons. The molecular weight excluding hydrogens is 373 g/mol. The van der Waals surface area contributed by atoms with Crippen LogP contribution in [0, 0.1) is 5.92 Å². The highest BCUT2D eigenvalue weighted by molar-refractivity contribution is 5.91. The largest absolute Gasteiger partial charge is 0.416 e. The number of pyridine rings is 1. The number of aryl methyl sites for hydroxylation is 1. The van der Waals surface area contributed by atoms with Gasteiger partial charge in [-0.25, -0.2) is 0 Å². The van der Waals surface area contributed by atoms with Crippen LogP contribution in [0.25, 0.3) is 10.9 Å². The molecule has 0 amide bonds. The van der Waals surface area contributed by atoms with Gasteiger partial charge in [-0.3, -0.25) is 4.98 Å². The molecule has 1 saturated heterocycles. The molecular formula is C24H25F3N2. The SMILES string of the molecule is FC(F)(F)c1ccc(CCCC2CCN(c3cccc4ncccc34)CC2)cc1. The van der Waals surface area contributed by atoms with Crippen molar-refractivity contribution in [1.29, 1.82) is 0 Å². The van der Waals surface area contributed by atoms with Crippen molar-refractivity contribution in [2.75, 3.05) is 18.0 Å². The maximum atomic E-state index is 12.6. The lowest BCUT2D eigenvalue weighted by atomic mass is 9.90. The molecule has 0 spiro atoms. The zero-order valence-electron chi connectivity index (χ0n) is 16.3. The summed E-state index contributed by atoms with van der Waals surface area (Å²) in [6, 6.07) is 16.0. The van der Waals surface area contributed by atoms with Crippen molar-refractivity contribution in [2.45, 2.75) is 38.3 Å². The molecule has 0 bridgehead atoms. The Bertz CT molecular complexity index is 937. The van der Waals surface area contributed by atoms with Crippen LogP contribution in [0.5, 0.6) is 0 Å². The third-order valence-corrected chi connectivity index (χ3v) is 5.94. The average molecular weight is 398 g/mol. The summed E-state index contributed by atoms with van der Waals surface area (Å²) in [7, 11) is 0. The van der Waals surface area contributed by atoms with Gasteiger partial charge in [0.25, 0.3) is 0 Å². The molecule has 0 saturated carbocycles. The van der Waals surface area contributed by atoms with Crippen LogP contribution in [0.3, 0.4) is 0 Å². The van der Waals surface area contributed by atoms with Gasteiger partial charge in [-0.05, 0) is 80.0 Å². The molecule has 2 aromatic carbocycles. The van der Waals surface area contributed by atoms with Crippen molar-refractivity contribution >= 4 is 16.6 Å². The monoisotopic (exact) mass is 398 g/mol. The van der Waals surface area contributed by atoms with Gasteiger partial charge < -0.3 is 4.90 Å². The Balaban J connectivity index is 1.27. The summed E-state index contributed by atoms with van der Waals surface area (Å²) in [5.74, 6) is 0.689. The van der Waals surface area contributed by atoms with Crippen molar-refractivity contribution in [3.63, 3.8) is 0 Å². The number of alkyl halides is 3. The van der Waals surface area contributed by atoms with E-state index < -0.39 is 11.7 Å². The van der Waals surface area contributed by atoms with Crippen molar-refractivity contribution in [3.8, 4) is 0 Å². The van der Waals surface area contributed by atoms with Gasteiger partial charge in [0.2, 0.25) is 0 Å². The number of hydrogen-bond acceptors (Lipinski definition) is 2. The number of rotatable bonds is 5. The van der Waals surface area contributed by atoms with E-state index in [4.69, 9.17) is 0 Å². The lowest BCUT2D eigenvalue weighted by molar-refractivity contribution is -0.137. The molecule has 2 nitrogen and oxygen atoms in total. The first-order valence-electron chi connectivity index (χ1n) is 10.3. The number of benzene rings is 2. The Labute approximate surface area is 169 Å². The van der Waals surface area contributed by atoms with Crippen LogP contribution in [0.1, 0.15) is 36.8 Å². The first kappa shape index (κ1) is 19.7. The summed E-state index contributed by atoms with van der Waals surface area (Å²) in [5.41, 5.74) is 2.71. The van der Waals surface area contributed by atoms with Crippen LogP contribution >= 0.6 is 0 Å². The van der Waals surface area contributed by atoms with E-state index in [0.29, 0.717) is 5.92 Å². The predicted octanol–water partition coefficient (Wildman–Crippen LogP) is 6.49. The summed E-state index contributed by atoms with van der Waals surface area (Å²) >= 11 is 0. The summed E-state index contributed by atoms with van der Waals surface area (Å²) in [6.07, 6.45) is 2.88. The highest BCUT2D eigenvalue weighted by atomic mass is 19.4. The van der Waals surface area contributed by atoms with E-state index >= 15 is 0 Å². The van der Waals surface area contributed by atoms with Gasteiger partial charge in [0.1, 0.15) is 0 Å². The maximum Gasteiger partial charge on any atom is 0.416 e. The van der Waals surface area contributed by atoms with Gasteiger partial charge in [0.15, 0.2) is 0 Å². The number of halogens is 3. The van der Waals surface area contributed by atoms with Crippen LogP contribution in [0.2, 0.25) is 0 Å². The maximum absolute atomic E-state index is 12.6. The fraction of sp³-hybridized carbons (Fsp3) is 0.375. The molecule has 0 aliphatic carbocycles. The quantitative estimate of drug-likeness (QED) is 0.488. The second-order valence-electron chi connectivity index (χ2n) is 7.86. The zero-order valence-corrected chi connectivity index (χ0v) is 16.3. The number of anilines is 1. The summed E-state index contributed by atoms with van der Waals surface area (Å²) < 4.78 is 37.9. The van der Waals surface area contributed by atoms with Crippen molar-refractivity contribution < 1.29 is 13.2 Å². The van der Waals surface area contributed by atoms with Crippen LogP contribution in [0.4, 0.5) is 18.9 Å². The van der Waals surface area contributed by atoms with Gasteiger partial charge in [-0.15, -0.1) is 0 Å². The molecule has 5 heteroatoms. The van der Waals surface area contributed by atoms with E-state index in [1.54, 1.807) is 12.1 Å². The van der Waals surface area contributed by atoms with Crippen molar-refractivity contribution in [2.24, 2.45) is 5.92 Å². The first-order chi connectivity index (χ1) is 14.0. The Hall–Kier alpha value is -2.56. The predicted molar refractivity (Wildman–Crippen MR) is 111 cm³/mol. The smallest absolute Gasteiger partial charge is 0.371 e. The fourth-order valence-corrected chi connectivity index (χ4v) is 4.28. The average Bonchev–Trinajstić information content (AvgIpc) is 2.74. The molecule has 0 N–H and O–H groups in total. The first-order valence-corrected chi connectivity index (χ1v) is 10.3. The number of fused-ring (bicyclic) bond motifs is 1. The van der Waals surface area contributed by atoms with Gasteiger partial charge >= 0.3 is 6.18 Å². The minimum absolute atomic E-state index is 0.572. The lowest BCUT2D eigenvalue weighted by Crippen LogP contribution is -2.33. The zero-order chi connectivity index (χ0) is 20.3. The number of hydrogen-bond donors (Lipinski definition) is 0. The van der Waals surface area contributed by atoms with Gasteiger partial charge in [0.05, 0.1) is 11.1 Å². The summed E-state index contributed by atoms with van der Waals surface area (Å²) in [4.78, 5) is 6.91. The molecule has 152 valence electrons. The minimum Gasteiger partial charge on any atom is -0.371 e. The molecule has 4 rings (SSSR count). The molecule has 29 heavy (non-hydrogen) atoms. The molecule has 1 aliphatic rings. The topological polar surface area (TPSA) is 16.1 Å². The third kappa shape index (κ3) is 4.72. The second-order valence-corrected chi connectivity index (χ2v) is 7.86. The molecule has 0 unspecified atom stereocenters. The van der Waals surface area contributed by atoms with Gasteiger partial charge in [-0.1, -0.05) is 18.2 Å². The molecule has 3 aromatic rings. The Morgan fingerprint density at radius 2 is 1.69 bits per heavy atom. The highest BCUT2D eigenvalue weighted by Crippen LogP contribution is 2.32. The molecule has 1 aliphatic heterocycles. The van der Waals surface area contributed by atoms with Crippen LogP contribution in [-0.4, -0.2) is 18.1 Å². The van der Waals surface area contributed by atoms with E-state index in [2.05, 4.69) is 28.1 Å². The van der Waals surface area contributed by atoms with Crippen LogP contribution < -0.4 is 4.90 Å². The van der Waals surface area contributed by atoms with E-state index in [1.807, 2.05) is 18.3 Å². The third-order valence-electron chi connectivity index (χ3n) is 5.94. The lowest BCUT2D eigenvalue weighted by Gasteiger charge is -2.34. The van der Waals surface area contributed by atoms with Gasteiger partial charge in [-0.2, -0.15) is 13.2 Å². The van der Waals surface area contributed by atoms with E-state index in [-0.39, 0.29) is 0 Å². The van der Waals surface area contributed by atoms with E-state index in [0.717, 1.165) is 56.3 Å². The fourth-order valence-electron chi connectivity index (χ4n) is 4.28.